The van der Waals surface area contributed by atoms with Gasteiger partial charge in [-0.15, -0.1) is 0 Å². The van der Waals surface area contributed by atoms with E-state index in [1.165, 1.54) is 0 Å². The fraction of sp³-hybridized carbons (Fsp3) is 1.00. The van der Waals surface area contributed by atoms with E-state index in [2.05, 4.69) is 32.4 Å². The molecule has 1 aliphatic carbocycles. The van der Waals surface area contributed by atoms with Crippen LogP contribution in [0, 0.1) is 17.8 Å². The van der Waals surface area contributed by atoms with Crippen LogP contribution >= 0.6 is 0 Å². The highest BCUT2D eigenvalue weighted by atomic mass is 32.2. The number of sulfonamides is 1. The maximum atomic E-state index is 11.6. The van der Waals surface area contributed by atoms with Crippen LogP contribution in [0.5, 0.6) is 0 Å². The summed E-state index contributed by atoms with van der Waals surface area (Å²) in [6, 6.07) is 0. The first-order chi connectivity index (χ1) is 6.84. The summed E-state index contributed by atoms with van der Waals surface area (Å²) in [5.41, 5.74) is 0. The van der Waals surface area contributed by atoms with Gasteiger partial charge in [0.15, 0.2) is 0 Å². The van der Waals surface area contributed by atoms with E-state index >= 15 is 0 Å². The van der Waals surface area contributed by atoms with E-state index in [1.807, 2.05) is 0 Å². The number of rotatable bonds is 6. The van der Waals surface area contributed by atoms with Crippen molar-refractivity contribution in [3.05, 3.63) is 0 Å². The molecule has 0 radical (unpaired) electrons. The average molecular weight is 233 g/mol. The third-order valence-electron chi connectivity index (χ3n) is 3.20. The molecule has 1 N–H and O–H groups in total. The van der Waals surface area contributed by atoms with E-state index in [9.17, 15) is 8.42 Å². The molecule has 0 atom stereocenters. The molecule has 0 unspecified atom stereocenters. The largest absolute Gasteiger partial charge is 0.215 e. The van der Waals surface area contributed by atoms with Gasteiger partial charge in [0.1, 0.15) is 0 Å². The molecule has 1 aliphatic rings. The SMILES string of the molecule is CC(C)C(CNS(=O)(=O)C1CC1)C(C)C. The van der Waals surface area contributed by atoms with Crippen LogP contribution in [0.15, 0.2) is 0 Å². The van der Waals surface area contributed by atoms with Gasteiger partial charge in [0.05, 0.1) is 5.25 Å². The third-order valence-corrected chi connectivity index (χ3v) is 5.11. The maximum absolute atomic E-state index is 11.6. The lowest BCUT2D eigenvalue weighted by molar-refractivity contribution is 0.289. The minimum absolute atomic E-state index is 0.0996. The molecule has 0 aromatic carbocycles. The molecule has 0 bridgehead atoms. The van der Waals surface area contributed by atoms with Crippen LogP contribution < -0.4 is 4.72 Å². The van der Waals surface area contributed by atoms with Gasteiger partial charge in [-0.05, 0) is 30.6 Å². The Morgan fingerprint density at radius 1 is 1.13 bits per heavy atom. The van der Waals surface area contributed by atoms with Crippen molar-refractivity contribution in [2.24, 2.45) is 17.8 Å². The fourth-order valence-corrected chi connectivity index (χ4v) is 3.37. The second-order valence-corrected chi connectivity index (χ2v) is 7.29. The van der Waals surface area contributed by atoms with Gasteiger partial charge in [-0.3, -0.25) is 0 Å². The van der Waals surface area contributed by atoms with Crippen molar-refractivity contribution in [1.82, 2.24) is 4.72 Å². The maximum Gasteiger partial charge on any atom is 0.214 e. The van der Waals surface area contributed by atoms with Gasteiger partial charge in [0, 0.05) is 6.54 Å². The van der Waals surface area contributed by atoms with Crippen molar-refractivity contribution in [2.45, 2.75) is 45.8 Å². The van der Waals surface area contributed by atoms with Crippen molar-refractivity contribution >= 4 is 10.0 Å². The molecular weight excluding hydrogens is 210 g/mol. The first-order valence-electron chi connectivity index (χ1n) is 5.83. The second kappa shape index (κ2) is 4.83. The van der Waals surface area contributed by atoms with Crippen LogP contribution in [-0.4, -0.2) is 20.2 Å². The van der Waals surface area contributed by atoms with Crippen molar-refractivity contribution in [3.8, 4) is 0 Å². The molecule has 1 saturated carbocycles. The molecule has 0 amide bonds. The Bertz CT molecular complexity index is 284. The van der Waals surface area contributed by atoms with Gasteiger partial charge in [-0.2, -0.15) is 0 Å². The van der Waals surface area contributed by atoms with E-state index in [1.54, 1.807) is 0 Å². The molecule has 0 aliphatic heterocycles. The monoisotopic (exact) mass is 233 g/mol. The lowest BCUT2D eigenvalue weighted by atomic mass is 9.86. The molecule has 1 fully saturated rings. The van der Waals surface area contributed by atoms with Gasteiger partial charge in [0.25, 0.3) is 0 Å². The first-order valence-corrected chi connectivity index (χ1v) is 7.37. The van der Waals surface area contributed by atoms with Crippen LogP contribution in [0.3, 0.4) is 0 Å². The minimum atomic E-state index is -3.00. The summed E-state index contributed by atoms with van der Waals surface area (Å²) in [5.74, 6) is 1.47. The zero-order chi connectivity index (χ0) is 11.6. The Kier molecular flexibility index (Phi) is 4.18. The molecule has 3 nitrogen and oxygen atoms in total. The summed E-state index contributed by atoms with van der Waals surface area (Å²) in [6.07, 6.45) is 1.67. The first kappa shape index (κ1) is 13.0. The highest BCUT2D eigenvalue weighted by Gasteiger charge is 2.36. The van der Waals surface area contributed by atoms with E-state index in [0.717, 1.165) is 12.8 Å². The molecule has 0 spiro atoms. The molecular formula is C11H23NO2S. The van der Waals surface area contributed by atoms with Gasteiger partial charge in [-0.1, -0.05) is 27.7 Å². The van der Waals surface area contributed by atoms with E-state index < -0.39 is 10.0 Å². The third kappa shape index (κ3) is 3.76. The molecule has 0 heterocycles. The minimum Gasteiger partial charge on any atom is -0.215 e. The lowest BCUT2D eigenvalue weighted by Gasteiger charge is -2.24. The topological polar surface area (TPSA) is 46.2 Å². The van der Waals surface area contributed by atoms with Crippen LogP contribution in [-0.2, 0) is 10.0 Å². The van der Waals surface area contributed by atoms with Crippen LogP contribution in [0.4, 0.5) is 0 Å². The van der Waals surface area contributed by atoms with E-state index in [-0.39, 0.29) is 5.25 Å². The summed E-state index contributed by atoms with van der Waals surface area (Å²) < 4.78 is 26.0. The Hall–Kier alpha value is -0.0900. The number of hydrogen-bond donors (Lipinski definition) is 1. The van der Waals surface area contributed by atoms with Crippen LogP contribution in [0.25, 0.3) is 0 Å². The van der Waals surface area contributed by atoms with Crippen molar-refractivity contribution < 1.29 is 8.42 Å². The quantitative estimate of drug-likeness (QED) is 0.762. The lowest BCUT2D eigenvalue weighted by Crippen LogP contribution is -2.35. The molecule has 4 heteroatoms. The number of hydrogen-bond acceptors (Lipinski definition) is 2. The molecule has 0 aromatic rings. The molecule has 0 saturated heterocycles. The zero-order valence-electron chi connectivity index (χ0n) is 10.2. The Labute approximate surface area is 93.7 Å². The van der Waals surface area contributed by atoms with Crippen LogP contribution in [0.2, 0.25) is 0 Å². The van der Waals surface area contributed by atoms with Crippen molar-refractivity contribution in [1.29, 1.82) is 0 Å². The Balaban J connectivity index is 2.46. The summed E-state index contributed by atoms with van der Waals surface area (Å²) in [7, 11) is -3.00. The van der Waals surface area contributed by atoms with Gasteiger partial charge >= 0.3 is 0 Å². The van der Waals surface area contributed by atoms with Crippen molar-refractivity contribution in [3.63, 3.8) is 0 Å². The van der Waals surface area contributed by atoms with E-state index in [4.69, 9.17) is 0 Å². The average Bonchev–Trinajstić information content (AvgIpc) is 2.83. The zero-order valence-corrected chi connectivity index (χ0v) is 11.0. The second-order valence-electron chi connectivity index (χ2n) is 5.24. The van der Waals surface area contributed by atoms with Crippen LogP contribution in [0.1, 0.15) is 40.5 Å². The fourth-order valence-electron chi connectivity index (χ4n) is 1.95. The number of nitrogens with one attached hydrogen (secondary N) is 1. The standard InChI is InChI=1S/C11H23NO2S/c1-8(2)11(9(3)4)7-12-15(13,14)10-5-6-10/h8-12H,5-7H2,1-4H3. The predicted molar refractivity (Wildman–Crippen MR) is 63.1 cm³/mol. The Morgan fingerprint density at radius 3 is 1.93 bits per heavy atom. The highest BCUT2D eigenvalue weighted by Crippen LogP contribution is 2.28. The summed E-state index contributed by atoms with van der Waals surface area (Å²) in [5, 5.41) is -0.0996. The Morgan fingerprint density at radius 2 is 1.60 bits per heavy atom. The van der Waals surface area contributed by atoms with Crippen molar-refractivity contribution in [2.75, 3.05) is 6.54 Å². The summed E-state index contributed by atoms with van der Waals surface area (Å²) >= 11 is 0. The molecule has 15 heavy (non-hydrogen) atoms. The molecule has 1 rings (SSSR count). The van der Waals surface area contributed by atoms with Gasteiger partial charge in [0.2, 0.25) is 10.0 Å². The van der Waals surface area contributed by atoms with E-state index in [0.29, 0.717) is 24.3 Å². The van der Waals surface area contributed by atoms with Gasteiger partial charge < -0.3 is 0 Å². The summed E-state index contributed by atoms with van der Waals surface area (Å²) in [6.45, 7) is 9.19. The molecule has 90 valence electrons. The molecule has 0 aromatic heterocycles. The highest BCUT2D eigenvalue weighted by molar-refractivity contribution is 7.90. The smallest absolute Gasteiger partial charge is 0.214 e. The summed E-state index contributed by atoms with van der Waals surface area (Å²) in [4.78, 5) is 0. The predicted octanol–water partition coefficient (Wildman–Crippen LogP) is 2.00. The normalized spacial score (nSPS) is 18.1. The van der Waals surface area contributed by atoms with Gasteiger partial charge in [-0.25, -0.2) is 13.1 Å².